The summed E-state index contributed by atoms with van der Waals surface area (Å²) in [5.41, 5.74) is 2.50. The van der Waals surface area contributed by atoms with Gasteiger partial charge < -0.3 is 14.0 Å². The molecule has 126 valence electrons. The maximum atomic E-state index is 6.22. The van der Waals surface area contributed by atoms with E-state index < -0.39 is 7.12 Å². The van der Waals surface area contributed by atoms with Gasteiger partial charge in [0, 0.05) is 5.46 Å². The summed E-state index contributed by atoms with van der Waals surface area (Å²) in [6.45, 7) is 10.9. The molecule has 0 aromatic heterocycles. The van der Waals surface area contributed by atoms with Gasteiger partial charge in [-0.05, 0) is 51.8 Å². The first kappa shape index (κ1) is 17.1. The molecule has 1 fully saturated rings. The van der Waals surface area contributed by atoms with Crippen molar-refractivity contribution >= 4 is 12.6 Å². The molecule has 2 aromatic carbocycles. The smallest absolute Gasteiger partial charge is 0.489 e. The van der Waals surface area contributed by atoms with Crippen molar-refractivity contribution in [2.45, 2.75) is 52.4 Å². The minimum atomic E-state index is -0.415. The molecule has 0 N–H and O–H groups in total. The number of ether oxygens (including phenoxy) is 1. The highest BCUT2D eigenvalue weighted by molar-refractivity contribution is 6.63. The van der Waals surface area contributed by atoms with Crippen LogP contribution in [0.2, 0.25) is 0 Å². The third-order valence-corrected chi connectivity index (χ3v) is 5.01. The molecule has 1 aliphatic rings. The zero-order valence-electron chi connectivity index (χ0n) is 15.1. The van der Waals surface area contributed by atoms with Gasteiger partial charge in [-0.2, -0.15) is 0 Å². The van der Waals surface area contributed by atoms with Crippen LogP contribution in [-0.4, -0.2) is 18.3 Å². The highest BCUT2D eigenvalue weighted by atomic mass is 16.7. The second-order valence-electron chi connectivity index (χ2n) is 7.35. The molecule has 24 heavy (non-hydrogen) atoms. The van der Waals surface area contributed by atoms with Crippen molar-refractivity contribution in [3.63, 3.8) is 0 Å². The van der Waals surface area contributed by atoms with E-state index in [0.717, 1.165) is 22.3 Å². The molecule has 0 atom stereocenters. The van der Waals surface area contributed by atoms with Crippen molar-refractivity contribution in [3.8, 4) is 5.75 Å². The van der Waals surface area contributed by atoms with Gasteiger partial charge in [0.2, 0.25) is 0 Å². The molecule has 0 amide bonds. The predicted octanol–water partition coefficient (Wildman–Crippen LogP) is 3.87. The Hall–Kier alpha value is -1.78. The van der Waals surface area contributed by atoms with Crippen molar-refractivity contribution in [2.75, 3.05) is 0 Å². The molecule has 4 heteroatoms. The Bertz CT molecular complexity index is 694. The van der Waals surface area contributed by atoms with Gasteiger partial charge in [-0.25, -0.2) is 0 Å². The molecule has 0 spiro atoms. The molecule has 3 nitrogen and oxygen atoms in total. The largest absolute Gasteiger partial charge is 0.498 e. The molecule has 0 radical (unpaired) electrons. The Morgan fingerprint density at radius 1 is 0.875 bits per heavy atom. The van der Waals surface area contributed by atoms with Crippen LogP contribution in [0.25, 0.3) is 0 Å². The summed E-state index contributed by atoms with van der Waals surface area (Å²) in [6, 6.07) is 16.2. The first-order chi connectivity index (χ1) is 11.3. The molecule has 3 rings (SSSR count). The molecule has 0 unspecified atom stereocenters. The molecule has 0 bridgehead atoms. The quantitative estimate of drug-likeness (QED) is 0.799. The summed E-state index contributed by atoms with van der Waals surface area (Å²) in [5.74, 6) is 0.817. The minimum absolute atomic E-state index is 0.364. The molecular formula is C20H25BO3. The Morgan fingerprint density at radius 3 is 2.12 bits per heavy atom. The minimum Gasteiger partial charge on any atom is -0.489 e. The van der Waals surface area contributed by atoms with E-state index in [1.54, 1.807) is 0 Å². The van der Waals surface area contributed by atoms with Gasteiger partial charge in [0.15, 0.2) is 0 Å². The average molecular weight is 324 g/mol. The molecule has 1 saturated heterocycles. The van der Waals surface area contributed by atoms with Crippen LogP contribution in [-0.2, 0) is 15.9 Å². The fraction of sp³-hybridized carbons (Fsp3) is 0.400. The van der Waals surface area contributed by atoms with Crippen molar-refractivity contribution in [3.05, 3.63) is 59.7 Å². The highest BCUT2D eigenvalue weighted by Crippen LogP contribution is 2.37. The van der Waals surface area contributed by atoms with Gasteiger partial charge in [0.25, 0.3) is 0 Å². The van der Waals surface area contributed by atoms with E-state index in [4.69, 9.17) is 14.0 Å². The third kappa shape index (κ3) is 3.21. The number of aryl methyl sites for hydroxylation is 1. The van der Waals surface area contributed by atoms with Crippen LogP contribution in [0.1, 0.15) is 38.8 Å². The molecular weight excluding hydrogens is 299 g/mol. The summed E-state index contributed by atoms with van der Waals surface area (Å²) in [6.07, 6.45) is 0. The SMILES string of the molecule is Cc1cccc(OCc2ccccc2)c1B1OC(C)(C)C(C)(C)O1. The Kier molecular flexibility index (Phi) is 4.45. The van der Waals surface area contributed by atoms with Gasteiger partial charge in [0.05, 0.1) is 11.2 Å². The Morgan fingerprint density at radius 2 is 1.50 bits per heavy atom. The molecule has 1 aliphatic heterocycles. The van der Waals surface area contributed by atoms with E-state index in [1.165, 1.54) is 0 Å². The number of hydrogen-bond acceptors (Lipinski definition) is 3. The average Bonchev–Trinajstić information content (AvgIpc) is 2.74. The molecule has 1 heterocycles. The van der Waals surface area contributed by atoms with Gasteiger partial charge in [0.1, 0.15) is 12.4 Å². The number of hydrogen-bond donors (Lipinski definition) is 0. The predicted molar refractivity (Wildman–Crippen MR) is 97.7 cm³/mol. The lowest BCUT2D eigenvalue weighted by Crippen LogP contribution is -2.41. The van der Waals surface area contributed by atoms with Crippen LogP contribution in [0, 0.1) is 6.92 Å². The fourth-order valence-corrected chi connectivity index (χ4v) is 2.78. The van der Waals surface area contributed by atoms with E-state index in [-0.39, 0.29) is 11.2 Å². The van der Waals surface area contributed by atoms with Crippen molar-refractivity contribution < 1.29 is 14.0 Å². The Labute approximate surface area is 145 Å². The van der Waals surface area contributed by atoms with Crippen LogP contribution >= 0.6 is 0 Å². The second kappa shape index (κ2) is 6.27. The summed E-state index contributed by atoms with van der Waals surface area (Å²) in [5, 5.41) is 0. The summed E-state index contributed by atoms with van der Waals surface area (Å²) in [4.78, 5) is 0. The lowest BCUT2D eigenvalue weighted by molar-refractivity contribution is 0.00578. The van der Waals surface area contributed by atoms with Crippen LogP contribution in [0.3, 0.4) is 0 Å². The summed E-state index contributed by atoms with van der Waals surface area (Å²) < 4.78 is 18.5. The van der Waals surface area contributed by atoms with Crippen LogP contribution < -0.4 is 10.2 Å². The van der Waals surface area contributed by atoms with Gasteiger partial charge in [-0.15, -0.1) is 0 Å². The summed E-state index contributed by atoms with van der Waals surface area (Å²) >= 11 is 0. The third-order valence-electron chi connectivity index (χ3n) is 5.01. The second-order valence-corrected chi connectivity index (χ2v) is 7.35. The van der Waals surface area contributed by atoms with Crippen LogP contribution in [0.4, 0.5) is 0 Å². The van der Waals surface area contributed by atoms with Crippen molar-refractivity contribution in [1.82, 2.24) is 0 Å². The molecule has 0 aliphatic carbocycles. The van der Waals surface area contributed by atoms with E-state index in [2.05, 4.69) is 52.8 Å². The zero-order chi connectivity index (χ0) is 17.4. The van der Waals surface area contributed by atoms with E-state index in [1.807, 2.05) is 30.3 Å². The Balaban J connectivity index is 1.86. The lowest BCUT2D eigenvalue weighted by Gasteiger charge is -2.32. The molecule has 2 aromatic rings. The molecule has 0 saturated carbocycles. The van der Waals surface area contributed by atoms with Gasteiger partial charge in [-0.1, -0.05) is 42.5 Å². The van der Waals surface area contributed by atoms with Crippen LogP contribution in [0.5, 0.6) is 5.75 Å². The fourth-order valence-electron chi connectivity index (χ4n) is 2.78. The maximum Gasteiger partial charge on any atom is 0.498 e. The summed E-state index contributed by atoms with van der Waals surface area (Å²) in [7, 11) is -0.415. The lowest BCUT2D eigenvalue weighted by atomic mass is 9.75. The van der Waals surface area contributed by atoms with Gasteiger partial charge in [-0.3, -0.25) is 0 Å². The first-order valence-corrected chi connectivity index (χ1v) is 8.42. The number of benzene rings is 2. The van der Waals surface area contributed by atoms with E-state index >= 15 is 0 Å². The first-order valence-electron chi connectivity index (χ1n) is 8.42. The van der Waals surface area contributed by atoms with E-state index in [0.29, 0.717) is 6.61 Å². The highest BCUT2D eigenvalue weighted by Gasteiger charge is 2.52. The standard InChI is InChI=1S/C20H25BO3/c1-15-10-9-13-17(22-14-16-11-7-6-8-12-16)18(15)21-23-19(2,3)20(4,5)24-21/h6-13H,14H2,1-5H3. The van der Waals surface area contributed by atoms with Gasteiger partial charge >= 0.3 is 7.12 Å². The monoisotopic (exact) mass is 324 g/mol. The van der Waals surface area contributed by atoms with E-state index in [9.17, 15) is 0 Å². The number of rotatable bonds is 4. The maximum absolute atomic E-state index is 6.22. The topological polar surface area (TPSA) is 27.7 Å². The normalized spacial score (nSPS) is 18.6. The van der Waals surface area contributed by atoms with Crippen molar-refractivity contribution in [1.29, 1.82) is 0 Å². The zero-order valence-corrected chi connectivity index (χ0v) is 15.1. The van der Waals surface area contributed by atoms with Crippen LogP contribution in [0.15, 0.2) is 48.5 Å². The van der Waals surface area contributed by atoms with Crippen molar-refractivity contribution in [2.24, 2.45) is 0 Å².